The van der Waals surface area contributed by atoms with Gasteiger partial charge in [0.05, 0.1) is 16.8 Å². The molecule has 0 bridgehead atoms. The maximum atomic E-state index is 12.1. The zero-order valence-corrected chi connectivity index (χ0v) is 14.6. The van der Waals surface area contributed by atoms with Crippen molar-refractivity contribution in [2.75, 3.05) is 5.75 Å². The molecule has 0 aliphatic carbocycles. The lowest BCUT2D eigenvalue weighted by Gasteiger charge is -2.07. The Morgan fingerprint density at radius 1 is 1.20 bits per heavy atom. The Bertz CT molecular complexity index is 948. The second kappa shape index (κ2) is 7.82. The average molecular weight is 347 g/mol. The first kappa shape index (κ1) is 17.0. The number of benzene rings is 2. The molecule has 1 amide bonds. The third-order valence-corrected chi connectivity index (χ3v) is 4.72. The minimum Gasteiger partial charge on any atom is -0.351 e. The van der Waals surface area contributed by atoms with Crippen LogP contribution in [0.1, 0.15) is 16.7 Å². The molecule has 0 fully saturated rings. The van der Waals surface area contributed by atoms with E-state index in [1.54, 1.807) is 0 Å². The lowest BCUT2D eigenvalue weighted by molar-refractivity contribution is -0.118. The number of nitrogens with one attached hydrogen (secondary N) is 1. The molecule has 1 aromatic heterocycles. The summed E-state index contributed by atoms with van der Waals surface area (Å²) in [5.74, 6) is 0.148. The number of amides is 1. The topological polar surface area (TPSA) is 65.8 Å². The van der Waals surface area contributed by atoms with E-state index in [1.807, 2.05) is 61.5 Å². The Labute approximate surface area is 150 Å². The van der Waals surface area contributed by atoms with Crippen LogP contribution in [0, 0.1) is 18.3 Å². The Morgan fingerprint density at radius 3 is 2.76 bits per heavy atom. The van der Waals surface area contributed by atoms with Gasteiger partial charge in [0.25, 0.3) is 0 Å². The maximum absolute atomic E-state index is 12.1. The standard InChI is InChI=1S/C20H17N3OS/c1-14-7-8-16-10-17(11-21)20(23-18(16)9-14)25-13-19(24)22-12-15-5-3-2-4-6-15/h2-10H,12-13H2,1H3,(H,22,24). The van der Waals surface area contributed by atoms with Crippen LogP contribution in [0.25, 0.3) is 10.9 Å². The van der Waals surface area contributed by atoms with Crippen molar-refractivity contribution in [2.45, 2.75) is 18.5 Å². The molecule has 124 valence electrons. The zero-order chi connectivity index (χ0) is 17.6. The first-order valence-corrected chi connectivity index (χ1v) is 8.89. The maximum Gasteiger partial charge on any atom is 0.230 e. The molecule has 25 heavy (non-hydrogen) atoms. The summed E-state index contributed by atoms with van der Waals surface area (Å²) in [4.78, 5) is 16.6. The number of aryl methyl sites for hydroxylation is 1. The highest BCUT2D eigenvalue weighted by molar-refractivity contribution is 8.00. The molecule has 0 aliphatic heterocycles. The summed E-state index contributed by atoms with van der Waals surface area (Å²) in [6.45, 7) is 2.50. The van der Waals surface area contributed by atoms with Gasteiger partial charge in [-0.05, 0) is 30.2 Å². The van der Waals surface area contributed by atoms with E-state index in [4.69, 9.17) is 0 Å². The molecule has 0 saturated carbocycles. The fraction of sp³-hybridized carbons (Fsp3) is 0.150. The summed E-state index contributed by atoms with van der Waals surface area (Å²) in [6.07, 6.45) is 0. The SMILES string of the molecule is Cc1ccc2cc(C#N)c(SCC(=O)NCc3ccccc3)nc2c1. The summed E-state index contributed by atoms with van der Waals surface area (Å²) in [5.41, 5.74) is 3.50. The van der Waals surface area contributed by atoms with Crippen molar-refractivity contribution in [1.82, 2.24) is 10.3 Å². The van der Waals surface area contributed by atoms with Crippen molar-refractivity contribution in [3.8, 4) is 6.07 Å². The number of thioether (sulfide) groups is 1. The van der Waals surface area contributed by atoms with Gasteiger partial charge in [0.15, 0.2) is 0 Å². The predicted octanol–water partition coefficient (Wildman–Crippen LogP) is 3.82. The fourth-order valence-corrected chi connectivity index (χ4v) is 3.22. The van der Waals surface area contributed by atoms with Crippen LogP contribution in [0.4, 0.5) is 0 Å². The van der Waals surface area contributed by atoms with E-state index in [2.05, 4.69) is 16.4 Å². The number of carbonyl (C=O) groups excluding carboxylic acids is 1. The van der Waals surface area contributed by atoms with Crippen LogP contribution in [-0.4, -0.2) is 16.6 Å². The largest absolute Gasteiger partial charge is 0.351 e. The third-order valence-electron chi connectivity index (χ3n) is 3.73. The minimum atomic E-state index is -0.0797. The van der Waals surface area contributed by atoms with Crippen molar-refractivity contribution in [3.05, 3.63) is 71.3 Å². The van der Waals surface area contributed by atoms with Crippen molar-refractivity contribution in [3.63, 3.8) is 0 Å². The average Bonchev–Trinajstić information content (AvgIpc) is 2.64. The van der Waals surface area contributed by atoms with Gasteiger partial charge in [0.1, 0.15) is 11.1 Å². The molecule has 3 rings (SSSR count). The highest BCUT2D eigenvalue weighted by atomic mass is 32.2. The van der Waals surface area contributed by atoms with Crippen LogP contribution in [-0.2, 0) is 11.3 Å². The van der Waals surface area contributed by atoms with Gasteiger partial charge in [-0.25, -0.2) is 4.98 Å². The van der Waals surface area contributed by atoms with Crippen LogP contribution in [0.2, 0.25) is 0 Å². The second-order valence-electron chi connectivity index (χ2n) is 5.70. The van der Waals surface area contributed by atoms with Crippen molar-refractivity contribution < 1.29 is 4.79 Å². The highest BCUT2D eigenvalue weighted by Crippen LogP contribution is 2.25. The molecule has 3 aromatic rings. The number of fused-ring (bicyclic) bond motifs is 1. The highest BCUT2D eigenvalue weighted by Gasteiger charge is 2.10. The first-order valence-electron chi connectivity index (χ1n) is 7.90. The van der Waals surface area contributed by atoms with Gasteiger partial charge >= 0.3 is 0 Å². The number of rotatable bonds is 5. The summed E-state index contributed by atoms with van der Waals surface area (Å²) >= 11 is 1.29. The van der Waals surface area contributed by atoms with Crippen LogP contribution in [0.3, 0.4) is 0 Å². The van der Waals surface area contributed by atoms with Gasteiger partial charge in [-0.1, -0.05) is 54.2 Å². The van der Waals surface area contributed by atoms with Gasteiger partial charge in [0, 0.05) is 11.9 Å². The molecule has 0 spiro atoms. The number of hydrogen-bond acceptors (Lipinski definition) is 4. The molecule has 5 heteroatoms. The Balaban J connectivity index is 1.67. The van der Waals surface area contributed by atoms with Gasteiger partial charge < -0.3 is 5.32 Å². The van der Waals surface area contributed by atoms with E-state index in [1.165, 1.54) is 11.8 Å². The Kier molecular flexibility index (Phi) is 5.32. The number of pyridine rings is 1. The van der Waals surface area contributed by atoms with E-state index < -0.39 is 0 Å². The third kappa shape index (κ3) is 4.37. The molecule has 2 aromatic carbocycles. The summed E-state index contributed by atoms with van der Waals surface area (Å²) in [6, 6.07) is 19.7. The summed E-state index contributed by atoms with van der Waals surface area (Å²) in [5, 5.41) is 13.8. The molecule has 0 radical (unpaired) electrons. The molecular weight excluding hydrogens is 330 g/mol. The molecule has 4 nitrogen and oxygen atoms in total. The van der Waals surface area contributed by atoms with E-state index in [0.29, 0.717) is 17.1 Å². The molecular formula is C20H17N3OS. The molecule has 1 heterocycles. The molecule has 0 aliphatic rings. The second-order valence-corrected chi connectivity index (χ2v) is 6.66. The molecule has 0 saturated heterocycles. The van der Waals surface area contributed by atoms with Gasteiger partial charge in [0.2, 0.25) is 5.91 Å². The lowest BCUT2D eigenvalue weighted by Crippen LogP contribution is -2.24. The smallest absolute Gasteiger partial charge is 0.230 e. The molecule has 1 N–H and O–H groups in total. The monoisotopic (exact) mass is 347 g/mol. The Hall–Kier alpha value is -2.84. The first-order chi connectivity index (χ1) is 12.2. The van der Waals surface area contributed by atoms with Crippen molar-refractivity contribution >= 4 is 28.6 Å². The summed E-state index contributed by atoms with van der Waals surface area (Å²) < 4.78 is 0. The van der Waals surface area contributed by atoms with Crippen LogP contribution >= 0.6 is 11.8 Å². The fourth-order valence-electron chi connectivity index (χ4n) is 2.43. The van der Waals surface area contributed by atoms with E-state index in [9.17, 15) is 10.1 Å². The zero-order valence-electron chi connectivity index (χ0n) is 13.8. The number of aromatic nitrogens is 1. The van der Waals surface area contributed by atoms with Gasteiger partial charge in [-0.3, -0.25) is 4.79 Å². The quantitative estimate of drug-likeness (QED) is 0.713. The number of nitrogens with zero attached hydrogens (tertiary/aromatic N) is 2. The number of hydrogen-bond donors (Lipinski definition) is 1. The normalized spacial score (nSPS) is 10.4. The number of carbonyl (C=O) groups is 1. The molecule has 0 unspecified atom stereocenters. The van der Waals surface area contributed by atoms with Crippen molar-refractivity contribution in [2.24, 2.45) is 0 Å². The van der Waals surface area contributed by atoms with Gasteiger partial charge in [-0.2, -0.15) is 5.26 Å². The lowest BCUT2D eigenvalue weighted by atomic mass is 10.1. The predicted molar refractivity (Wildman–Crippen MR) is 100 cm³/mol. The van der Waals surface area contributed by atoms with Crippen LogP contribution in [0.5, 0.6) is 0 Å². The summed E-state index contributed by atoms with van der Waals surface area (Å²) in [7, 11) is 0. The van der Waals surface area contributed by atoms with Crippen molar-refractivity contribution in [1.29, 1.82) is 5.26 Å². The Morgan fingerprint density at radius 2 is 2.00 bits per heavy atom. The van der Waals surface area contributed by atoms with E-state index >= 15 is 0 Å². The van der Waals surface area contributed by atoms with Crippen LogP contribution < -0.4 is 5.32 Å². The van der Waals surface area contributed by atoms with E-state index in [-0.39, 0.29) is 11.7 Å². The minimum absolute atomic E-state index is 0.0797. The van der Waals surface area contributed by atoms with Crippen LogP contribution in [0.15, 0.2) is 59.6 Å². The van der Waals surface area contributed by atoms with E-state index in [0.717, 1.165) is 22.0 Å². The number of nitriles is 1. The van der Waals surface area contributed by atoms with Gasteiger partial charge in [-0.15, -0.1) is 0 Å². The molecule has 0 atom stereocenters.